The van der Waals surface area contributed by atoms with E-state index in [1.165, 1.54) is 0 Å². The zero-order chi connectivity index (χ0) is 7.68. The molecule has 2 aromatic rings. The van der Waals surface area contributed by atoms with E-state index in [4.69, 9.17) is 0 Å². The highest BCUT2D eigenvalue weighted by atomic mass is 16.3. The van der Waals surface area contributed by atoms with E-state index in [9.17, 15) is 5.11 Å². The van der Waals surface area contributed by atoms with Gasteiger partial charge in [0, 0.05) is 5.39 Å². The molecule has 0 spiro atoms. The number of benzene rings is 2. The molecule has 0 saturated heterocycles. The monoisotopic (exact) mass is 144 g/mol. The highest BCUT2D eigenvalue weighted by Gasteiger charge is 1.96. The van der Waals surface area contributed by atoms with Crippen LogP contribution in [0.2, 0.25) is 0 Å². The molecule has 0 aliphatic heterocycles. The zero-order valence-corrected chi connectivity index (χ0v) is 5.95. The summed E-state index contributed by atoms with van der Waals surface area (Å²) < 4.78 is 0. The summed E-state index contributed by atoms with van der Waals surface area (Å²) in [6, 6.07) is 12.9. The van der Waals surface area contributed by atoms with Crippen molar-refractivity contribution in [2.45, 2.75) is 0 Å². The lowest BCUT2D eigenvalue weighted by Crippen LogP contribution is -1.69. The van der Waals surface area contributed by atoms with E-state index in [-0.39, 0.29) is 7.18 Å². The Bertz CT molecular complexity index is 379. The van der Waals surface area contributed by atoms with Crippen molar-refractivity contribution in [3.63, 3.8) is 0 Å². The predicted molar refractivity (Wildman–Crippen MR) is 45.2 cm³/mol. The average molecular weight is 144 g/mol. The van der Waals surface area contributed by atoms with Crippen LogP contribution < -0.4 is 0 Å². The Labute approximate surface area is 66.4 Å². The molecule has 53 valence electrons. The van der Waals surface area contributed by atoms with Gasteiger partial charge in [-0.05, 0) is 11.5 Å². The molecule has 0 heterocycles. The fraction of sp³-hybridized carbons (Fsp3) is 0. The minimum absolute atomic E-state index is 0. The SMILES string of the molecule is [H+].[O]c1cccc2ccccc12. The van der Waals surface area contributed by atoms with Crippen molar-refractivity contribution in [1.29, 1.82) is 0 Å². The fourth-order valence-electron chi connectivity index (χ4n) is 1.20. The molecule has 0 N–H and O–H groups in total. The Hall–Kier alpha value is -1.50. The van der Waals surface area contributed by atoms with Crippen molar-refractivity contribution in [3.05, 3.63) is 42.5 Å². The van der Waals surface area contributed by atoms with Crippen LogP contribution in [0.4, 0.5) is 0 Å². The van der Waals surface area contributed by atoms with Crippen molar-refractivity contribution in [2.24, 2.45) is 0 Å². The fourth-order valence-corrected chi connectivity index (χ4v) is 1.20. The summed E-state index contributed by atoms with van der Waals surface area (Å²) >= 11 is 0. The van der Waals surface area contributed by atoms with Crippen LogP contribution in [-0.4, -0.2) is 0 Å². The highest BCUT2D eigenvalue weighted by Crippen LogP contribution is 2.23. The topological polar surface area (TPSA) is 19.9 Å². The van der Waals surface area contributed by atoms with Gasteiger partial charge in [0.1, 0.15) is 0 Å². The maximum Gasteiger partial charge on any atom is 1.00 e. The smallest absolute Gasteiger partial charge is 0.289 e. The van der Waals surface area contributed by atoms with Crippen molar-refractivity contribution in [2.75, 3.05) is 0 Å². The first-order chi connectivity index (χ1) is 5.38. The molecule has 0 aromatic heterocycles. The molecule has 0 saturated carbocycles. The average Bonchev–Trinajstić information content (AvgIpc) is 2.06. The Kier molecular flexibility index (Phi) is 1.29. The summed E-state index contributed by atoms with van der Waals surface area (Å²) in [5.74, 6) is 0.100. The minimum atomic E-state index is 0. The van der Waals surface area contributed by atoms with Gasteiger partial charge in [0.2, 0.25) is 0 Å². The van der Waals surface area contributed by atoms with Gasteiger partial charge in [-0.25, -0.2) is 0 Å². The summed E-state index contributed by atoms with van der Waals surface area (Å²) in [4.78, 5) is 0. The lowest BCUT2D eigenvalue weighted by molar-refractivity contribution is 0.360. The summed E-state index contributed by atoms with van der Waals surface area (Å²) in [6.45, 7) is 0. The van der Waals surface area contributed by atoms with Gasteiger partial charge in [-0.2, -0.15) is 0 Å². The maximum absolute atomic E-state index is 11.2. The molecule has 1 radical (unpaired) electrons. The molecule has 0 aliphatic rings. The Morgan fingerprint density at radius 2 is 1.64 bits per heavy atom. The molecule has 0 aliphatic carbocycles. The number of fused-ring (bicyclic) bond motifs is 1. The van der Waals surface area contributed by atoms with Gasteiger partial charge in [-0.3, -0.25) is 5.11 Å². The van der Waals surface area contributed by atoms with E-state index in [1.807, 2.05) is 30.3 Å². The van der Waals surface area contributed by atoms with Crippen molar-refractivity contribution < 1.29 is 6.53 Å². The Morgan fingerprint density at radius 3 is 2.45 bits per heavy atom. The van der Waals surface area contributed by atoms with Gasteiger partial charge in [-0.15, -0.1) is 0 Å². The van der Waals surface area contributed by atoms with Crippen LogP contribution in [0.3, 0.4) is 0 Å². The second kappa shape index (κ2) is 2.27. The molecular formula is C10H8O+. The largest absolute Gasteiger partial charge is 1.00 e. The third-order valence-electron chi connectivity index (χ3n) is 1.75. The first kappa shape index (κ1) is 6.23. The van der Waals surface area contributed by atoms with Crippen LogP contribution in [0.25, 0.3) is 10.8 Å². The molecule has 0 atom stereocenters. The van der Waals surface area contributed by atoms with Gasteiger partial charge in [0.05, 0.1) is 0 Å². The van der Waals surface area contributed by atoms with Gasteiger partial charge in [-0.1, -0.05) is 36.4 Å². The van der Waals surface area contributed by atoms with Crippen molar-refractivity contribution in [1.82, 2.24) is 0 Å². The second-order valence-corrected chi connectivity index (χ2v) is 2.48. The molecule has 1 nitrogen and oxygen atoms in total. The van der Waals surface area contributed by atoms with Crippen molar-refractivity contribution in [3.8, 4) is 5.75 Å². The molecule has 2 aromatic carbocycles. The summed E-state index contributed by atoms with van der Waals surface area (Å²) in [7, 11) is 0. The third-order valence-corrected chi connectivity index (χ3v) is 1.75. The number of hydrogen-bond acceptors (Lipinski definition) is 0. The molecule has 0 amide bonds. The summed E-state index contributed by atoms with van der Waals surface area (Å²) in [5.41, 5.74) is 0. The molecule has 0 fully saturated rings. The highest BCUT2D eigenvalue weighted by molar-refractivity contribution is 5.87. The number of hydrogen-bond donors (Lipinski definition) is 0. The third kappa shape index (κ3) is 0.944. The molecule has 1 heteroatoms. The Morgan fingerprint density at radius 1 is 0.909 bits per heavy atom. The standard InChI is InChI=1S/C10H7O/c11-10-7-3-5-8-4-1-2-6-9(8)10/h1-7H/p+1. The maximum atomic E-state index is 11.2. The lowest BCUT2D eigenvalue weighted by Gasteiger charge is -1.95. The van der Waals surface area contributed by atoms with E-state index in [0.717, 1.165) is 10.8 Å². The second-order valence-electron chi connectivity index (χ2n) is 2.48. The summed E-state index contributed by atoms with van der Waals surface area (Å²) in [5, 5.41) is 13.0. The molecule has 2 rings (SSSR count). The minimum Gasteiger partial charge on any atom is -0.289 e. The van der Waals surface area contributed by atoms with Gasteiger partial charge in [0.25, 0.3) is 0 Å². The van der Waals surface area contributed by atoms with E-state index in [0.29, 0.717) is 0 Å². The van der Waals surface area contributed by atoms with E-state index in [1.54, 1.807) is 12.1 Å². The van der Waals surface area contributed by atoms with Crippen molar-refractivity contribution >= 4 is 10.8 Å². The van der Waals surface area contributed by atoms with Gasteiger partial charge in [0.15, 0.2) is 5.75 Å². The number of rotatable bonds is 0. The van der Waals surface area contributed by atoms with Crippen LogP contribution >= 0.6 is 0 Å². The first-order valence-corrected chi connectivity index (χ1v) is 3.53. The van der Waals surface area contributed by atoms with E-state index >= 15 is 0 Å². The Balaban J connectivity index is 0.000000720. The van der Waals surface area contributed by atoms with Crippen LogP contribution in [0, 0.1) is 0 Å². The predicted octanol–water partition coefficient (Wildman–Crippen LogP) is 3.10. The molecular weight excluding hydrogens is 136 g/mol. The van der Waals surface area contributed by atoms with E-state index < -0.39 is 0 Å². The van der Waals surface area contributed by atoms with Gasteiger partial charge < -0.3 is 0 Å². The van der Waals surface area contributed by atoms with Gasteiger partial charge >= 0.3 is 1.43 Å². The lowest BCUT2D eigenvalue weighted by atomic mass is 10.1. The van der Waals surface area contributed by atoms with Crippen LogP contribution in [0.15, 0.2) is 42.5 Å². The summed E-state index contributed by atoms with van der Waals surface area (Å²) in [6.07, 6.45) is 0. The van der Waals surface area contributed by atoms with Crippen LogP contribution in [-0.2, 0) is 5.11 Å². The first-order valence-electron chi connectivity index (χ1n) is 3.53. The normalized spacial score (nSPS) is 10.2. The molecule has 11 heavy (non-hydrogen) atoms. The zero-order valence-electron chi connectivity index (χ0n) is 6.95. The van der Waals surface area contributed by atoms with Crippen LogP contribution in [0.1, 0.15) is 1.43 Å². The quantitative estimate of drug-likeness (QED) is 0.541. The molecule has 0 bridgehead atoms. The van der Waals surface area contributed by atoms with E-state index in [2.05, 4.69) is 0 Å². The van der Waals surface area contributed by atoms with Crippen LogP contribution in [0.5, 0.6) is 5.75 Å². The molecule has 0 unspecified atom stereocenters.